The second-order valence-electron chi connectivity index (χ2n) is 6.49. The zero-order chi connectivity index (χ0) is 19.3. The van der Waals surface area contributed by atoms with Crippen molar-refractivity contribution in [2.75, 3.05) is 18.9 Å². The number of aryl methyl sites for hydroxylation is 1. The highest BCUT2D eigenvalue weighted by Crippen LogP contribution is 2.23. The third-order valence-electron chi connectivity index (χ3n) is 3.89. The van der Waals surface area contributed by atoms with Gasteiger partial charge in [-0.3, -0.25) is 9.59 Å². The van der Waals surface area contributed by atoms with E-state index in [1.54, 1.807) is 6.33 Å². The molecule has 0 aliphatic carbocycles. The average Bonchev–Trinajstić information content (AvgIpc) is 2.95. The summed E-state index contributed by atoms with van der Waals surface area (Å²) in [6, 6.07) is 0. The molecule has 2 N–H and O–H groups in total. The fourth-order valence-corrected chi connectivity index (χ4v) is 2.60. The average molecular weight is 363 g/mol. The number of anilines is 1. The molecule has 2 rings (SSSR count). The number of imidazole rings is 1. The summed E-state index contributed by atoms with van der Waals surface area (Å²) in [6.45, 7) is 7.74. The maximum atomic E-state index is 11.1. The number of nitrogen functional groups attached to an aromatic ring is 1. The summed E-state index contributed by atoms with van der Waals surface area (Å²) in [6.07, 6.45) is 2.33. The van der Waals surface area contributed by atoms with Crippen molar-refractivity contribution in [3.05, 3.63) is 12.0 Å². The molecule has 9 heteroatoms. The van der Waals surface area contributed by atoms with Crippen LogP contribution in [0.2, 0.25) is 0 Å². The van der Waals surface area contributed by atoms with E-state index in [1.807, 2.05) is 18.4 Å². The van der Waals surface area contributed by atoms with E-state index in [4.69, 9.17) is 15.2 Å². The molecule has 142 valence electrons. The van der Waals surface area contributed by atoms with E-state index in [0.29, 0.717) is 18.6 Å². The number of hydrogen-bond acceptors (Lipinski definition) is 8. The van der Waals surface area contributed by atoms with E-state index in [0.717, 1.165) is 11.2 Å². The van der Waals surface area contributed by atoms with Crippen LogP contribution in [0.15, 0.2) is 6.33 Å². The minimum atomic E-state index is -0.364. The molecule has 2 aromatic rings. The lowest BCUT2D eigenvalue weighted by Crippen LogP contribution is -2.21. The van der Waals surface area contributed by atoms with Crippen molar-refractivity contribution in [2.24, 2.45) is 5.92 Å². The fourth-order valence-electron chi connectivity index (χ4n) is 2.60. The maximum Gasteiger partial charge on any atom is 0.302 e. The van der Waals surface area contributed by atoms with Gasteiger partial charge in [-0.15, -0.1) is 0 Å². The molecule has 0 bridgehead atoms. The Kier molecular flexibility index (Phi) is 6.48. The predicted octanol–water partition coefficient (Wildman–Crippen LogP) is 1.66. The highest BCUT2D eigenvalue weighted by atomic mass is 16.5. The number of nitrogens with two attached hydrogens (primary N) is 1. The monoisotopic (exact) mass is 363 g/mol. The Balaban J connectivity index is 2.17. The van der Waals surface area contributed by atoms with Crippen LogP contribution in [0.25, 0.3) is 11.2 Å². The van der Waals surface area contributed by atoms with E-state index in [2.05, 4.69) is 15.0 Å². The lowest BCUT2D eigenvalue weighted by molar-refractivity contribution is -0.146. The van der Waals surface area contributed by atoms with Crippen molar-refractivity contribution in [3.8, 4) is 0 Å². The first kappa shape index (κ1) is 19.6. The SMILES string of the molecule is CC(=O)OCC(CCn1cnc2nc(N)nc(C(C)C)c21)COC(C)=O. The Morgan fingerprint density at radius 1 is 1.15 bits per heavy atom. The third-order valence-corrected chi connectivity index (χ3v) is 3.89. The molecular weight excluding hydrogens is 338 g/mol. The number of rotatable bonds is 8. The van der Waals surface area contributed by atoms with Crippen LogP contribution in [0.5, 0.6) is 0 Å². The van der Waals surface area contributed by atoms with Gasteiger partial charge in [-0.25, -0.2) is 9.97 Å². The fraction of sp³-hybridized carbons (Fsp3) is 0.588. The molecule has 26 heavy (non-hydrogen) atoms. The number of aromatic nitrogens is 4. The molecule has 0 aromatic carbocycles. The number of esters is 2. The lowest BCUT2D eigenvalue weighted by Gasteiger charge is -2.17. The minimum Gasteiger partial charge on any atom is -0.465 e. The number of carbonyl (C=O) groups is 2. The van der Waals surface area contributed by atoms with Gasteiger partial charge in [0, 0.05) is 26.3 Å². The smallest absolute Gasteiger partial charge is 0.302 e. The molecule has 0 saturated carbocycles. The standard InChI is InChI=1S/C17H25N5O4/c1-10(2)14-15-16(21-17(18)20-14)19-9-22(15)6-5-13(7-25-11(3)23)8-26-12(4)24/h9-10,13H,5-8H2,1-4H3,(H2,18,20,21). The summed E-state index contributed by atoms with van der Waals surface area (Å²) >= 11 is 0. The Hall–Kier alpha value is -2.71. The second-order valence-corrected chi connectivity index (χ2v) is 6.49. The highest BCUT2D eigenvalue weighted by Gasteiger charge is 2.18. The van der Waals surface area contributed by atoms with Gasteiger partial charge in [0.05, 0.1) is 25.2 Å². The van der Waals surface area contributed by atoms with Crippen molar-refractivity contribution in [1.82, 2.24) is 19.5 Å². The number of fused-ring (bicyclic) bond motifs is 1. The zero-order valence-corrected chi connectivity index (χ0v) is 15.6. The van der Waals surface area contributed by atoms with Crippen LogP contribution < -0.4 is 5.73 Å². The number of carbonyl (C=O) groups excluding carboxylic acids is 2. The van der Waals surface area contributed by atoms with Crippen molar-refractivity contribution < 1.29 is 19.1 Å². The molecule has 0 amide bonds. The van der Waals surface area contributed by atoms with E-state index >= 15 is 0 Å². The first-order valence-electron chi connectivity index (χ1n) is 8.52. The Bertz CT molecular complexity index is 769. The van der Waals surface area contributed by atoms with Gasteiger partial charge in [-0.05, 0) is 12.3 Å². The molecule has 0 aliphatic rings. The lowest BCUT2D eigenvalue weighted by atomic mass is 10.1. The predicted molar refractivity (Wildman–Crippen MR) is 95.2 cm³/mol. The van der Waals surface area contributed by atoms with Crippen LogP contribution in [0.1, 0.15) is 45.7 Å². The van der Waals surface area contributed by atoms with Crippen LogP contribution >= 0.6 is 0 Å². The van der Waals surface area contributed by atoms with Gasteiger partial charge in [0.2, 0.25) is 5.95 Å². The Morgan fingerprint density at radius 2 is 1.77 bits per heavy atom. The summed E-state index contributed by atoms with van der Waals surface area (Å²) in [5.74, 6) is -0.476. The Labute approximate surface area is 151 Å². The van der Waals surface area contributed by atoms with Crippen molar-refractivity contribution in [3.63, 3.8) is 0 Å². The summed E-state index contributed by atoms with van der Waals surface area (Å²) in [5.41, 5.74) is 7.99. The van der Waals surface area contributed by atoms with Gasteiger partial charge in [0.25, 0.3) is 0 Å². The number of hydrogen-bond donors (Lipinski definition) is 1. The van der Waals surface area contributed by atoms with E-state index < -0.39 is 0 Å². The molecule has 2 aromatic heterocycles. The summed E-state index contributed by atoms with van der Waals surface area (Å²) < 4.78 is 12.1. The molecule has 0 saturated heterocycles. The van der Waals surface area contributed by atoms with Crippen LogP contribution in [-0.4, -0.2) is 44.7 Å². The van der Waals surface area contributed by atoms with E-state index in [9.17, 15) is 9.59 Å². The molecule has 0 unspecified atom stereocenters. The first-order valence-corrected chi connectivity index (χ1v) is 8.52. The van der Waals surface area contributed by atoms with Crippen LogP contribution in [0.4, 0.5) is 5.95 Å². The van der Waals surface area contributed by atoms with Crippen molar-refractivity contribution >= 4 is 29.1 Å². The van der Waals surface area contributed by atoms with Gasteiger partial charge in [-0.2, -0.15) is 4.98 Å². The molecule has 0 aliphatic heterocycles. The van der Waals surface area contributed by atoms with Crippen molar-refractivity contribution in [1.29, 1.82) is 0 Å². The van der Waals surface area contributed by atoms with Gasteiger partial charge in [0.15, 0.2) is 5.65 Å². The largest absolute Gasteiger partial charge is 0.465 e. The number of ether oxygens (including phenoxy) is 2. The van der Waals surface area contributed by atoms with Gasteiger partial charge in [-0.1, -0.05) is 13.8 Å². The Morgan fingerprint density at radius 3 is 2.31 bits per heavy atom. The molecule has 0 radical (unpaired) electrons. The van der Waals surface area contributed by atoms with E-state index in [1.165, 1.54) is 13.8 Å². The zero-order valence-electron chi connectivity index (χ0n) is 15.6. The minimum absolute atomic E-state index is 0.113. The molecule has 0 spiro atoms. The maximum absolute atomic E-state index is 11.1. The molecular formula is C17H25N5O4. The molecule has 0 fully saturated rings. The topological polar surface area (TPSA) is 122 Å². The first-order chi connectivity index (χ1) is 12.3. The highest BCUT2D eigenvalue weighted by molar-refractivity contribution is 5.75. The summed E-state index contributed by atoms with van der Waals surface area (Å²) in [4.78, 5) is 35.0. The molecule has 9 nitrogen and oxygen atoms in total. The van der Waals surface area contributed by atoms with Crippen LogP contribution in [-0.2, 0) is 25.6 Å². The van der Waals surface area contributed by atoms with Gasteiger partial charge >= 0.3 is 11.9 Å². The normalized spacial score (nSPS) is 11.3. The molecule has 0 atom stereocenters. The quantitative estimate of drug-likeness (QED) is 0.703. The van der Waals surface area contributed by atoms with Crippen molar-refractivity contribution in [2.45, 2.75) is 46.6 Å². The van der Waals surface area contributed by atoms with Gasteiger partial charge < -0.3 is 19.8 Å². The van der Waals surface area contributed by atoms with E-state index in [-0.39, 0.29) is 42.9 Å². The number of nitrogens with zero attached hydrogens (tertiary/aromatic N) is 4. The molecule has 2 heterocycles. The third kappa shape index (κ3) is 5.14. The second kappa shape index (κ2) is 8.59. The van der Waals surface area contributed by atoms with Crippen LogP contribution in [0, 0.1) is 5.92 Å². The van der Waals surface area contributed by atoms with Crippen LogP contribution in [0.3, 0.4) is 0 Å². The summed E-state index contributed by atoms with van der Waals surface area (Å²) in [5, 5.41) is 0. The van der Waals surface area contributed by atoms with Gasteiger partial charge in [0.1, 0.15) is 5.52 Å². The summed E-state index contributed by atoms with van der Waals surface area (Å²) in [7, 11) is 0.